The Morgan fingerprint density at radius 3 is 2.89 bits per heavy atom. The van der Waals surface area contributed by atoms with Gasteiger partial charge in [0, 0.05) is 0 Å². The Bertz CT molecular complexity index is 731. The number of rotatable bonds is 4. The van der Waals surface area contributed by atoms with Crippen LogP contribution in [-0.4, -0.2) is 22.1 Å². The molecule has 0 fully saturated rings. The fraction of sp³-hybridized carbons (Fsp3) is 0.286. The van der Waals surface area contributed by atoms with Gasteiger partial charge in [-0.2, -0.15) is 0 Å². The van der Waals surface area contributed by atoms with E-state index in [0.29, 0.717) is 0 Å². The number of carbonyl (C=O) groups is 1. The van der Waals surface area contributed by atoms with E-state index in [9.17, 15) is 4.79 Å². The van der Waals surface area contributed by atoms with Crippen LogP contribution >= 0.6 is 0 Å². The van der Waals surface area contributed by atoms with Crippen molar-refractivity contribution in [1.29, 1.82) is 0 Å². The van der Waals surface area contributed by atoms with Crippen molar-refractivity contribution < 1.29 is 16.4 Å². The Morgan fingerprint density at radius 1 is 1.50 bits per heavy atom. The number of hydrogen-bond acceptors (Lipinski definition) is 3. The summed E-state index contributed by atoms with van der Waals surface area (Å²) in [4.78, 5) is 15.8. The van der Waals surface area contributed by atoms with E-state index in [2.05, 4.69) is 4.98 Å². The van der Waals surface area contributed by atoms with Crippen molar-refractivity contribution in [2.45, 2.75) is 19.9 Å². The lowest BCUT2D eigenvalue weighted by atomic mass is 10.1. The first-order valence-electron chi connectivity index (χ1n) is 8.07. The van der Waals surface area contributed by atoms with E-state index in [1.54, 1.807) is 13.8 Å². The highest BCUT2D eigenvalue weighted by Gasteiger charge is 2.17. The molecule has 1 aromatic heterocycles. The number of nitrogens with zero attached hydrogens (tertiary/aromatic N) is 2. The molecule has 1 heterocycles. The predicted octanol–water partition coefficient (Wildman–Crippen LogP) is 2.67. The lowest BCUT2D eigenvalue weighted by Gasteiger charge is -2.16. The van der Waals surface area contributed by atoms with Crippen LogP contribution in [-0.2, 0) is 4.74 Å². The number of ether oxygens (including phenoxy) is 1. The minimum Gasteiger partial charge on any atom is -0.461 e. The molecule has 2 rings (SSSR count). The molecule has 94 valence electrons. The van der Waals surface area contributed by atoms with E-state index in [-0.39, 0.29) is 29.9 Å². The van der Waals surface area contributed by atoms with Crippen LogP contribution in [0.5, 0.6) is 0 Å². The molecule has 0 N–H and O–H groups in total. The maximum Gasteiger partial charge on any atom is 0.356 e. The second-order valence-electron chi connectivity index (χ2n) is 3.62. The molecule has 0 aliphatic carbocycles. The van der Waals surface area contributed by atoms with Crippen molar-refractivity contribution in [1.82, 2.24) is 9.55 Å². The van der Waals surface area contributed by atoms with Crippen molar-refractivity contribution in [3.05, 3.63) is 54.0 Å². The molecule has 0 aliphatic heterocycles. The average molecular weight is 249 g/mol. The molecule has 4 nitrogen and oxygen atoms in total. The maximum absolute atomic E-state index is 11.9. The molecule has 1 unspecified atom stereocenters. The number of benzene rings is 1. The minimum absolute atomic E-state index is 0.0968. The molecule has 0 radical (unpaired) electrons. The van der Waals surface area contributed by atoms with Crippen molar-refractivity contribution in [3.63, 3.8) is 0 Å². The zero-order valence-corrected chi connectivity index (χ0v) is 10.2. The van der Waals surface area contributed by atoms with Crippen LogP contribution in [0.15, 0.2) is 42.7 Å². The zero-order chi connectivity index (χ0) is 17.3. The Morgan fingerprint density at radius 2 is 2.22 bits per heavy atom. The third-order valence-corrected chi connectivity index (χ3v) is 2.50. The zero-order valence-electron chi connectivity index (χ0n) is 15.2. The molecule has 2 aromatic rings. The molecule has 0 saturated heterocycles. The van der Waals surface area contributed by atoms with Gasteiger partial charge in [0.25, 0.3) is 0 Å². The van der Waals surface area contributed by atoms with E-state index in [0.717, 1.165) is 0 Å². The Kier molecular flexibility index (Phi) is 2.24. The van der Waals surface area contributed by atoms with Gasteiger partial charge in [0.2, 0.25) is 0 Å². The number of imidazole rings is 1. The van der Waals surface area contributed by atoms with Gasteiger partial charge < -0.3 is 9.30 Å². The molecule has 1 aromatic carbocycles. The van der Waals surface area contributed by atoms with Crippen molar-refractivity contribution in [2.75, 3.05) is 6.61 Å². The summed E-state index contributed by atoms with van der Waals surface area (Å²) < 4.78 is 45.5. The molecule has 1 atom stereocenters. The summed E-state index contributed by atoms with van der Waals surface area (Å²) in [5.41, 5.74) is 0.255. The first-order chi connectivity index (χ1) is 10.8. The van der Waals surface area contributed by atoms with Gasteiger partial charge in [0.1, 0.15) is 5.69 Å². The summed E-state index contributed by atoms with van der Waals surface area (Å²) in [5, 5.41) is 0. The first kappa shape index (κ1) is 7.36. The lowest BCUT2D eigenvalue weighted by Crippen LogP contribution is -2.15. The molecule has 0 aliphatic rings. The second kappa shape index (κ2) is 5.49. The average Bonchev–Trinajstić information content (AvgIpc) is 3.01. The topological polar surface area (TPSA) is 44.1 Å². The van der Waals surface area contributed by atoms with E-state index in [1.807, 2.05) is 0 Å². The molecule has 18 heavy (non-hydrogen) atoms. The van der Waals surface area contributed by atoms with Gasteiger partial charge in [-0.05, 0) is 19.4 Å². The number of carbonyl (C=O) groups excluding carboxylic acids is 1. The van der Waals surface area contributed by atoms with Gasteiger partial charge in [-0.15, -0.1) is 0 Å². The summed E-state index contributed by atoms with van der Waals surface area (Å²) in [6.45, 7) is 3.52. The molecular formula is C14H16N2O2. The van der Waals surface area contributed by atoms with E-state index >= 15 is 0 Å². The fourth-order valence-corrected chi connectivity index (χ4v) is 1.58. The summed E-state index contributed by atoms with van der Waals surface area (Å²) in [7, 11) is 0. The third-order valence-electron chi connectivity index (χ3n) is 2.50. The highest BCUT2D eigenvalue weighted by atomic mass is 16.5. The van der Waals surface area contributed by atoms with Crippen LogP contribution < -0.4 is 0 Å². The number of aromatic nitrogens is 2. The van der Waals surface area contributed by atoms with Crippen molar-refractivity contribution in [3.8, 4) is 0 Å². The van der Waals surface area contributed by atoms with Crippen LogP contribution in [0.25, 0.3) is 0 Å². The molecular weight excluding hydrogens is 228 g/mol. The van der Waals surface area contributed by atoms with Gasteiger partial charge >= 0.3 is 5.97 Å². The van der Waals surface area contributed by atoms with E-state index < -0.39 is 30.1 Å². The van der Waals surface area contributed by atoms with E-state index in [1.165, 1.54) is 17.1 Å². The van der Waals surface area contributed by atoms with Gasteiger partial charge in [0.15, 0.2) is 0 Å². The standard InChI is InChI=1S/C14H16N2O2/c1-3-18-14(17)13-9-15-10-16(13)11(2)12-7-5-4-6-8-12/h4-11H,3H2,1-2H3/i4D,5D,6D,7D,8D. The summed E-state index contributed by atoms with van der Waals surface area (Å²) in [6, 6.07) is -2.55. The predicted molar refractivity (Wildman–Crippen MR) is 68.4 cm³/mol. The largest absolute Gasteiger partial charge is 0.461 e. The molecule has 0 amide bonds. The minimum atomic E-state index is -0.675. The van der Waals surface area contributed by atoms with Gasteiger partial charge in [-0.3, -0.25) is 0 Å². The number of esters is 1. The molecule has 4 heteroatoms. The van der Waals surface area contributed by atoms with Crippen LogP contribution in [0.1, 0.15) is 42.8 Å². The molecule has 0 bridgehead atoms. The van der Waals surface area contributed by atoms with Crippen molar-refractivity contribution >= 4 is 5.97 Å². The van der Waals surface area contributed by atoms with Gasteiger partial charge in [-0.1, -0.05) is 30.2 Å². The fourth-order valence-electron chi connectivity index (χ4n) is 1.58. The first-order valence-corrected chi connectivity index (χ1v) is 5.57. The highest BCUT2D eigenvalue weighted by molar-refractivity contribution is 5.87. The Labute approximate surface area is 113 Å². The third kappa shape index (κ3) is 2.42. The van der Waals surface area contributed by atoms with Gasteiger partial charge in [0.05, 0.1) is 32.0 Å². The second-order valence-corrected chi connectivity index (χ2v) is 3.62. The summed E-state index contributed by atoms with van der Waals surface area (Å²) >= 11 is 0. The Hall–Kier alpha value is -2.10. The smallest absolute Gasteiger partial charge is 0.356 e. The Balaban J connectivity index is 2.57. The molecule has 0 saturated carbocycles. The lowest BCUT2D eigenvalue weighted by molar-refractivity contribution is 0.0512. The van der Waals surface area contributed by atoms with Crippen LogP contribution in [0.3, 0.4) is 0 Å². The highest BCUT2D eigenvalue weighted by Crippen LogP contribution is 2.19. The normalized spacial score (nSPS) is 16.0. The SMILES string of the molecule is [2H]c1c([2H])c([2H])c(C(C)n2cncc2C(=O)OCC)c([2H])c1[2H]. The van der Waals surface area contributed by atoms with Crippen LogP contribution in [0.2, 0.25) is 0 Å². The van der Waals surface area contributed by atoms with Gasteiger partial charge in [-0.25, -0.2) is 9.78 Å². The summed E-state index contributed by atoms with van der Waals surface area (Å²) in [6.07, 6.45) is 2.70. The quantitative estimate of drug-likeness (QED) is 0.782. The number of hydrogen-bond donors (Lipinski definition) is 0. The maximum atomic E-state index is 11.9. The summed E-state index contributed by atoms with van der Waals surface area (Å²) in [5.74, 6) is -0.579. The van der Waals surface area contributed by atoms with Crippen LogP contribution in [0.4, 0.5) is 0 Å². The molecule has 0 spiro atoms. The van der Waals surface area contributed by atoms with E-state index in [4.69, 9.17) is 11.6 Å². The van der Waals surface area contributed by atoms with Crippen LogP contribution in [0, 0.1) is 0 Å². The monoisotopic (exact) mass is 249 g/mol. The van der Waals surface area contributed by atoms with Crippen molar-refractivity contribution in [2.24, 2.45) is 0 Å².